The van der Waals surface area contributed by atoms with E-state index >= 15 is 0 Å². The van der Waals surface area contributed by atoms with E-state index in [9.17, 15) is 0 Å². The normalized spacial score (nSPS) is 12.6. The fourth-order valence-electron chi connectivity index (χ4n) is 6.14. The van der Waals surface area contributed by atoms with Gasteiger partial charge in [0.05, 0.1) is 13.7 Å². The molecule has 0 saturated heterocycles. The van der Waals surface area contributed by atoms with Gasteiger partial charge < -0.3 is 14.4 Å². The third-order valence-electron chi connectivity index (χ3n) is 8.75. The summed E-state index contributed by atoms with van der Waals surface area (Å²) in [5.41, 5.74) is 10.7. The summed E-state index contributed by atoms with van der Waals surface area (Å²) in [7, 11) is -1.45. The van der Waals surface area contributed by atoms with Gasteiger partial charge in [0.15, 0.2) is 0 Å². The molecule has 7 aromatic rings. The number of aromatic nitrogens is 2. The summed E-state index contributed by atoms with van der Waals surface area (Å²) in [6.07, 6.45) is 4.93. The largest absolute Gasteiger partial charge is 0.500 e. The van der Waals surface area contributed by atoms with E-state index in [1.807, 2.05) is 24.5 Å². The van der Waals surface area contributed by atoms with Gasteiger partial charge >= 0.3 is 0 Å². The molecule has 0 amide bonds. The van der Waals surface area contributed by atoms with Crippen LogP contribution in [0.1, 0.15) is 54.4 Å². The maximum atomic E-state index is 7.46. The number of fused-ring (bicyclic) bond motifs is 3. The molecule has 0 aliphatic heterocycles. The molecular weight excluding hydrogens is 805 g/mol. The number of pyridine rings is 2. The average Bonchev–Trinajstić information content (AvgIpc) is 3.48. The van der Waals surface area contributed by atoms with Crippen molar-refractivity contribution in [1.82, 2.24) is 9.97 Å². The zero-order valence-electron chi connectivity index (χ0n) is 32.9. The standard InChI is InChI=1S/C26H20NO.C19H26NSi.Ir/c1-17(2)19-12-13-27-24(15-19)21-9-11-25-23(14-21)22-10-8-20(16-26(22)28-25)18-6-4-3-5-7-18;1-14(2)11-17-12-18(16-9-7-15(3)8-10-16)20-13-19(17)21(4,5)6;/h3-8,10-17H,1-2H3;7-9,12-14H,11H2,1-6H3;/q2*-1;/i;3D3;. The number of benzene rings is 4. The quantitative estimate of drug-likeness (QED) is 0.118. The van der Waals surface area contributed by atoms with Crippen molar-refractivity contribution >= 4 is 35.2 Å². The van der Waals surface area contributed by atoms with Crippen molar-refractivity contribution in [2.45, 2.75) is 66.5 Å². The number of aryl methyl sites for hydroxylation is 1. The monoisotopic (exact) mass is 854 g/mol. The van der Waals surface area contributed by atoms with Crippen molar-refractivity contribution in [3.63, 3.8) is 0 Å². The predicted molar refractivity (Wildman–Crippen MR) is 210 cm³/mol. The van der Waals surface area contributed by atoms with Crippen LogP contribution in [0.25, 0.3) is 55.6 Å². The fraction of sp³-hybridized carbons (Fsp3) is 0.244. The van der Waals surface area contributed by atoms with E-state index < -0.39 is 14.9 Å². The molecule has 0 atom stereocenters. The van der Waals surface area contributed by atoms with Crippen LogP contribution in [0.4, 0.5) is 0 Å². The van der Waals surface area contributed by atoms with Crippen LogP contribution in [0, 0.1) is 24.9 Å². The maximum Gasteiger partial charge on any atom is 0.121 e. The van der Waals surface area contributed by atoms with Crippen LogP contribution >= 0.6 is 0 Å². The molecule has 3 aromatic heterocycles. The molecule has 5 heteroatoms. The molecule has 0 fully saturated rings. The Labute approximate surface area is 316 Å². The van der Waals surface area contributed by atoms with Gasteiger partial charge in [-0.1, -0.05) is 125 Å². The molecule has 0 saturated carbocycles. The third kappa shape index (κ3) is 8.58. The zero-order valence-corrected chi connectivity index (χ0v) is 33.3. The second-order valence-electron chi connectivity index (χ2n) is 14.5. The summed E-state index contributed by atoms with van der Waals surface area (Å²) >= 11 is 0. The Morgan fingerprint density at radius 2 is 1.50 bits per heavy atom. The van der Waals surface area contributed by atoms with Gasteiger partial charge in [-0.15, -0.1) is 59.2 Å². The van der Waals surface area contributed by atoms with E-state index in [0.29, 0.717) is 17.4 Å². The topological polar surface area (TPSA) is 38.9 Å². The van der Waals surface area contributed by atoms with Gasteiger partial charge in [0.1, 0.15) is 5.58 Å². The van der Waals surface area contributed by atoms with Gasteiger partial charge in [0, 0.05) is 42.0 Å². The number of rotatable bonds is 7. The Morgan fingerprint density at radius 1 is 0.740 bits per heavy atom. The van der Waals surface area contributed by atoms with Crippen LogP contribution in [0.3, 0.4) is 0 Å². The molecule has 257 valence electrons. The van der Waals surface area contributed by atoms with E-state index in [2.05, 4.69) is 136 Å². The second-order valence-corrected chi connectivity index (χ2v) is 19.5. The Bertz CT molecular complexity index is 2310. The zero-order chi connectivity index (χ0) is 37.2. The molecule has 0 bridgehead atoms. The Kier molecular flexibility index (Phi) is 10.4. The SMILES string of the molecule is CC(C)c1ccnc(-c2[c-]cc3oc4cc(-c5ccccc5)ccc4c3c2)c1.[2H]C([2H])([2H])c1c[c-]c(-c2cc(CC(C)C)c([Si](C)(C)C)cn2)cc1.[Ir]. The van der Waals surface area contributed by atoms with E-state index in [1.54, 1.807) is 18.2 Å². The summed E-state index contributed by atoms with van der Waals surface area (Å²) in [5, 5.41) is 3.61. The minimum absolute atomic E-state index is 0. The van der Waals surface area contributed by atoms with Crippen LogP contribution in [-0.2, 0) is 26.5 Å². The maximum absolute atomic E-state index is 7.46. The van der Waals surface area contributed by atoms with Gasteiger partial charge in [-0.05, 0) is 58.1 Å². The van der Waals surface area contributed by atoms with Crippen molar-refractivity contribution in [1.29, 1.82) is 0 Å². The van der Waals surface area contributed by atoms with Crippen LogP contribution in [0.15, 0.2) is 114 Å². The summed E-state index contributed by atoms with van der Waals surface area (Å²) in [6.45, 7) is 13.8. The third-order valence-corrected chi connectivity index (χ3v) is 10.8. The van der Waals surface area contributed by atoms with Crippen molar-refractivity contribution in [2.75, 3.05) is 0 Å². The molecule has 3 heterocycles. The molecule has 0 aliphatic rings. The van der Waals surface area contributed by atoms with E-state index in [-0.39, 0.29) is 20.1 Å². The minimum atomic E-state index is -2.09. The summed E-state index contributed by atoms with van der Waals surface area (Å²) < 4.78 is 28.5. The summed E-state index contributed by atoms with van der Waals surface area (Å²) in [6, 6.07) is 38.7. The molecule has 1 radical (unpaired) electrons. The Hall–Kier alpha value is -4.15. The average molecular weight is 854 g/mol. The Balaban J connectivity index is 0.000000203. The molecule has 0 spiro atoms. The Morgan fingerprint density at radius 3 is 2.18 bits per heavy atom. The van der Waals surface area contributed by atoms with Crippen molar-refractivity contribution < 1.29 is 28.6 Å². The van der Waals surface area contributed by atoms with Crippen LogP contribution < -0.4 is 5.19 Å². The van der Waals surface area contributed by atoms with E-state index in [1.165, 1.54) is 21.9 Å². The van der Waals surface area contributed by atoms with Gasteiger partial charge in [-0.2, -0.15) is 0 Å². The molecule has 0 unspecified atom stereocenters. The molecule has 3 nitrogen and oxygen atoms in total. The smallest absolute Gasteiger partial charge is 0.121 e. The molecule has 4 aromatic carbocycles. The first kappa shape index (κ1) is 33.0. The van der Waals surface area contributed by atoms with Crippen LogP contribution in [0.2, 0.25) is 19.6 Å². The van der Waals surface area contributed by atoms with Crippen molar-refractivity contribution in [3.05, 3.63) is 138 Å². The molecule has 0 N–H and O–H groups in total. The molecular formula is C45H46IrN2OSi-2. The van der Waals surface area contributed by atoms with Crippen molar-refractivity contribution in [2.24, 2.45) is 5.92 Å². The van der Waals surface area contributed by atoms with E-state index in [4.69, 9.17) is 8.53 Å². The minimum Gasteiger partial charge on any atom is -0.500 e. The van der Waals surface area contributed by atoms with Gasteiger partial charge in [0.25, 0.3) is 0 Å². The summed E-state index contributed by atoms with van der Waals surface area (Å²) in [5.74, 6) is 1.05. The molecule has 50 heavy (non-hydrogen) atoms. The first-order valence-corrected chi connectivity index (χ1v) is 20.6. The van der Waals surface area contributed by atoms with Crippen LogP contribution in [-0.4, -0.2) is 18.0 Å². The number of hydrogen-bond acceptors (Lipinski definition) is 3. The number of hydrogen-bond donors (Lipinski definition) is 0. The van der Waals surface area contributed by atoms with Crippen molar-refractivity contribution in [3.8, 4) is 33.6 Å². The van der Waals surface area contributed by atoms with Crippen LogP contribution in [0.5, 0.6) is 0 Å². The van der Waals surface area contributed by atoms with Gasteiger partial charge in [-0.3, -0.25) is 0 Å². The number of furan rings is 1. The first-order valence-electron chi connectivity index (χ1n) is 18.6. The van der Waals surface area contributed by atoms with E-state index in [0.717, 1.165) is 56.4 Å². The first-order chi connectivity index (χ1) is 24.7. The summed E-state index contributed by atoms with van der Waals surface area (Å²) in [4.78, 5) is 9.19. The molecule has 7 rings (SSSR count). The van der Waals surface area contributed by atoms with Gasteiger partial charge in [-0.25, -0.2) is 0 Å². The number of nitrogens with zero attached hydrogens (tertiary/aromatic N) is 2. The molecule has 0 aliphatic carbocycles. The second kappa shape index (κ2) is 15.8. The van der Waals surface area contributed by atoms with Gasteiger partial charge in [0.2, 0.25) is 0 Å². The predicted octanol–water partition coefficient (Wildman–Crippen LogP) is 11.8. The fourth-order valence-corrected chi connectivity index (χ4v) is 7.73.